The van der Waals surface area contributed by atoms with E-state index in [0.29, 0.717) is 33.9 Å². The van der Waals surface area contributed by atoms with Crippen molar-refractivity contribution >= 4 is 17.6 Å². The lowest BCUT2D eigenvalue weighted by molar-refractivity contribution is 0.0600. The van der Waals surface area contributed by atoms with Gasteiger partial charge in [-0.15, -0.1) is 0 Å². The number of amides is 1. The van der Waals surface area contributed by atoms with E-state index in [-0.39, 0.29) is 11.7 Å². The lowest BCUT2D eigenvalue weighted by Crippen LogP contribution is -2.15. The zero-order chi connectivity index (χ0) is 20.4. The molecule has 3 aromatic rings. The van der Waals surface area contributed by atoms with Gasteiger partial charge in [0.2, 0.25) is 0 Å². The molecule has 0 saturated heterocycles. The second-order valence-corrected chi connectivity index (χ2v) is 6.41. The summed E-state index contributed by atoms with van der Waals surface area (Å²) in [4.78, 5) is 24.7. The standard InChI is InChI=1S/C21H20FN3O3/c1-12-5-6-15(21(27)28-4)11-18(12)23-20(26)19-13(2)24-25(14(19)3)17-9-7-16(22)8-10-17/h5-11H,1-4H3,(H,23,26). The molecule has 0 spiro atoms. The van der Waals surface area contributed by atoms with Gasteiger partial charge in [0.15, 0.2) is 0 Å². The predicted octanol–water partition coefficient (Wildman–Crippen LogP) is 3.98. The Morgan fingerprint density at radius 3 is 2.39 bits per heavy atom. The van der Waals surface area contributed by atoms with Gasteiger partial charge in [0.25, 0.3) is 5.91 Å². The number of esters is 1. The minimum Gasteiger partial charge on any atom is -0.465 e. The van der Waals surface area contributed by atoms with E-state index in [2.05, 4.69) is 10.4 Å². The number of carbonyl (C=O) groups excluding carboxylic acids is 2. The molecule has 7 heteroatoms. The van der Waals surface area contributed by atoms with Crippen molar-refractivity contribution in [1.82, 2.24) is 9.78 Å². The van der Waals surface area contributed by atoms with Gasteiger partial charge >= 0.3 is 5.97 Å². The summed E-state index contributed by atoms with van der Waals surface area (Å²) in [5, 5.41) is 7.25. The zero-order valence-electron chi connectivity index (χ0n) is 16.0. The average Bonchev–Trinajstić information content (AvgIpc) is 2.97. The van der Waals surface area contributed by atoms with Gasteiger partial charge in [-0.1, -0.05) is 6.07 Å². The molecule has 1 heterocycles. The number of hydrogen-bond acceptors (Lipinski definition) is 4. The monoisotopic (exact) mass is 381 g/mol. The van der Waals surface area contributed by atoms with Crippen LogP contribution >= 0.6 is 0 Å². The molecule has 2 aromatic carbocycles. The molecule has 1 N–H and O–H groups in total. The SMILES string of the molecule is COC(=O)c1ccc(C)c(NC(=O)c2c(C)nn(-c3ccc(F)cc3)c2C)c1. The van der Waals surface area contributed by atoms with Gasteiger partial charge in [-0.25, -0.2) is 13.9 Å². The minimum absolute atomic E-state index is 0.339. The first kappa shape index (κ1) is 19.3. The van der Waals surface area contributed by atoms with Gasteiger partial charge in [-0.05, 0) is 62.7 Å². The van der Waals surface area contributed by atoms with Crippen LogP contribution in [0.1, 0.15) is 37.7 Å². The summed E-state index contributed by atoms with van der Waals surface area (Å²) in [6.45, 7) is 5.34. The van der Waals surface area contributed by atoms with Crippen LogP contribution in [-0.4, -0.2) is 28.8 Å². The molecular formula is C21H20FN3O3. The number of ether oxygens (including phenoxy) is 1. The van der Waals surface area contributed by atoms with Crippen molar-refractivity contribution in [2.75, 3.05) is 12.4 Å². The summed E-state index contributed by atoms with van der Waals surface area (Å²) < 4.78 is 19.5. The smallest absolute Gasteiger partial charge is 0.337 e. The van der Waals surface area contributed by atoms with Gasteiger partial charge in [0.1, 0.15) is 5.82 Å². The van der Waals surface area contributed by atoms with Crippen LogP contribution in [0.3, 0.4) is 0 Å². The first-order chi connectivity index (χ1) is 13.3. The molecule has 1 amide bonds. The van der Waals surface area contributed by atoms with Crippen molar-refractivity contribution < 1.29 is 18.7 Å². The molecule has 0 atom stereocenters. The molecule has 0 aliphatic carbocycles. The number of anilines is 1. The molecule has 6 nitrogen and oxygen atoms in total. The van der Waals surface area contributed by atoms with E-state index in [4.69, 9.17) is 4.74 Å². The maximum atomic E-state index is 13.2. The van der Waals surface area contributed by atoms with E-state index >= 15 is 0 Å². The molecule has 0 saturated carbocycles. The van der Waals surface area contributed by atoms with E-state index in [9.17, 15) is 14.0 Å². The molecule has 0 fully saturated rings. The van der Waals surface area contributed by atoms with Gasteiger partial charge in [0.05, 0.1) is 35.3 Å². The third-order valence-corrected chi connectivity index (χ3v) is 4.50. The molecule has 0 aliphatic rings. The number of rotatable bonds is 4. The largest absolute Gasteiger partial charge is 0.465 e. The van der Waals surface area contributed by atoms with E-state index in [1.165, 1.54) is 19.2 Å². The second kappa shape index (κ2) is 7.64. The topological polar surface area (TPSA) is 73.2 Å². The maximum absolute atomic E-state index is 13.2. The highest BCUT2D eigenvalue weighted by molar-refractivity contribution is 6.06. The van der Waals surface area contributed by atoms with E-state index in [1.807, 2.05) is 6.92 Å². The number of hydrogen-bond donors (Lipinski definition) is 1. The average molecular weight is 381 g/mol. The van der Waals surface area contributed by atoms with Crippen LogP contribution < -0.4 is 5.32 Å². The van der Waals surface area contributed by atoms with Crippen molar-refractivity contribution in [3.05, 3.63) is 76.4 Å². The van der Waals surface area contributed by atoms with E-state index in [1.54, 1.807) is 48.9 Å². The summed E-state index contributed by atoms with van der Waals surface area (Å²) in [7, 11) is 1.30. The number of aromatic nitrogens is 2. The quantitative estimate of drug-likeness (QED) is 0.694. The predicted molar refractivity (Wildman–Crippen MR) is 103 cm³/mol. The van der Waals surface area contributed by atoms with Crippen molar-refractivity contribution in [2.24, 2.45) is 0 Å². The number of benzene rings is 2. The maximum Gasteiger partial charge on any atom is 0.337 e. The van der Waals surface area contributed by atoms with Crippen LogP contribution in [0.2, 0.25) is 0 Å². The summed E-state index contributed by atoms with van der Waals surface area (Å²) in [5.41, 5.74) is 3.92. The minimum atomic E-state index is -0.480. The van der Waals surface area contributed by atoms with Crippen LogP contribution in [0.25, 0.3) is 5.69 Å². The normalized spacial score (nSPS) is 10.6. The Morgan fingerprint density at radius 1 is 1.07 bits per heavy atom. The van der Waals surface area contributed by atoms with E-state index in [0.717, 1.165) is 5.56 Å². The Kier molecular flexibility index (Phi) is 5.26. The molecule has 0 unspecified atom stereocenters. The van der Waals surface area contributed by atoms with Gasteiger partial charge in [-0.2, -0.15) is 5.10 Å². The van der Waals surface area contributed by atoms with Crippen molar-refractivity contribution in [3.63, 3.8) is 0 Å². The van der Waals surface area contributed by atoms with Crippen LogP contribution in [-0.2, 0) is 4.74 Å². The Hall–Kier alpha value is -3.48. The molecule has 0 bridgehead atoms. The summed E-state index contributed by atoms with van der Waals surface area (Å²) in [6.07, 6.45) is 0. The van der Waals surface area contributed by atoms with E-state index < -0.39 is 5.97 Å². The molecule has 0 aliphatic heterocycles. The fourth-order valence-corrected chi connectivity index (χ4v) is 2.99. The first-order valence-corrected chi connectivity index (χ1v) is 8.64. The van der Waals surface area contributed by atoms with Crippen LogP contribution in [0.15, 0.2) is 42.5 Å². The molecule has 3 rings (SSSR count). The number of nitrogens with zero attached hydrogens (tertiary/aromatic N) is 2. The zero-order valence-corrected chi connectivity index (χ0v) is 16.0. The fraction of sp³-hybridized carbons (Fsp3) is 0.190. The highest BCUT2D eigenvalue weighted by Gasteiger charge is 2.20. The number of methoxy groups -OCH3 is 1. The van der Waals surface area contributed by atoms with Gasteiger partial charge in [-0.3, -0.25) is 4.79 Å². The Bertz CT molecular complexity index is 1060. The summed E-state index contributed by atoms with van der Waals surface area (Å²) in [5.74, 6) is -1.16. The summed E-state index contributed by atoms with van der Waals surface area (Å²) >= 11 is 0. The number of carbonyl (C=O) groups is 2. The summed E-state index contributed by atoms with van der Waals surface area (Å²) in [6, 6.07) is 10.8. The molecular weight excluding hydrogens is 361 g/mol. The lowest BCUT2D eigenvalue weighted by atomic mass is 10.1. The van der Waals surface area contributed by atoms with Crippen molar-refractivity contribution in [1.29, 1.82) is 0 Å². The van der Waals surface area contributed by atoms with Crippen molar-refractivity contribution in [2.45, 2.75) is 20.8 Å². The van der Waals surface area contributed by atoms with Crippen molar-refractivity contribution in [3.8, 4) is 5.69 Å². The highest BCUT2D eigenvalue weighted by atomic mass is 19.1. The Balaban J connectivity index is 1.94. The fourth-order valence-electron chi connectivity index (χ4n) is 2.99. The third-order valence-electron chi connectivity index (χ3n) is 4.50. The lowest BCUT2D eigenvalue weighted by Gasteiger charge is -2.11. The van der Waals surface area contributed by atoms with Crippen LogP contribution in [0.4, 0.5) is 10.1 Å². The van der Waals surface area contributed by atoms with Gasteiger partial charge < -0.3 is 10.1 Å². The Morgan fingerprint density at radius 2 is 1.75 bits per heavy atom. The molecule has 0 radical (unpaired) electrons. The third kappa shape index (κ3) is 3.64. The van der Waals surface area contributed by atoms with Gasteiger partial charge in [0, 0.05) is 5.69 Å². The second-order valence-electron chi connectivity index (χ2n) is 6.41. The number of aryl methyl sites for hydroxylation is 2. The molecule has 1 aromatic heterocycles. The van der Waals surface area contributed by atoms with Crippen LogP contribution in [0, 0.1) is 26.6 Å². The highest BCUT2D eigenvalue weighted by Crippen LogP contribution is 2.22. The molecule has 144 valence electrons. The first-order valence-electron chi connectivity index (χ1n) is 8.64. The number of halogens is 1. The number of nitrogens with one attached hydrogen (secondary N) is 1. The van der Waals surface area contributed by atoms with Crippen LogP contribution in [0.5, 0.6) is 0 Å². The Labute approximate surface area is 161 Å². The molecule has 28 heavy (non-hydrogen) atoms.